The third kappa shape index (κ3) is 5.81. The molecule has 1 aromatic heterocycles. The third-order valence-electron chi connectivity index (χ3n) is 4.49. The van der Waals surface area contributed by atoms with Crippen LogP contribution in [0.2, 0.25) is 0 Å². The van der Waals surface area contributed by atoms with Gasteiger partial charge >= 0.3 is 0 Å². The van der Waals surface area contributed by atoms with Crippen LogP contribution in [0.4, 0.5) is 11.4 Å². The molecule has 0 bridgehead atoms. The number of pyridine rings is 1. The second-order valence-corrected chi connectivity index (χ2v) is 11.0. The van der Waals surface area contributed by atoms with Crippen molar-refractivity contribution < 1.29 is 44.0 Å². The van der Waals surface area contributed by atoms with Crippen LogP contribution in [0.25, 0.3) is 0 Å². The number of benzene rings is 1. The molecule has 0 amide bonds. The Morgan fingerprint density at radius 3 is 1.91 bits per heavy atom. The van der Waals surface area contributed by atoms with Gasteiger partial charge in [0.05, 0.1) is 4.90 Å². The molecular formula is C16H19N3O11S3. The Labute approximate surface area is 188 Å². The van der Waals surface area contributed by atoms with Crippen LogP contribution in [-0.4, -0.2) is 48.6 Å². The molecule has 14 nitrogen and oxygen atoms in total. The van der Waals surface area contributed by atoms with Gasteiger partial charge < -0.3 is 5.11 Å². The number of azo groups is 1. The van der Waals surface area contributed by atoms with E-state index in [4.69, 9.17) is 4.55 Å². The standard InChI is InChI=1S/C16H19N3O11S3/c1-4-19-15(20)10(7-31(22,23)24)9(3)14(16(19)21)18-17-11-6-12(32(25,26)27)8(2)5-13(11)33(28,29)30/h5-6,20H,4,7H2,1-3H3,(H,22,23,24)(H,25,26,27)(H,28,29,30). The van der Waals surface area contributed by atoms with Crippen LogP contribution in [0.15, 0.2) is 36.9 Å². The number of aryl methyl sites for hydroxylation is 1. The topological polar surface area (TPSA) is 230 Å². The van der Waals surface area contributed by atoms with Crippen LogP contribution >= 0.6 is 0 Å². The minimum Gasteiger partial charge on any atom is -0.494 e. The summed E-state index contributed by atoms with van der Waals surface area (Å²) in [5, 5.41) is 17.4. The van der Waals surface area contributed by atoms with E-state index in [1.54, 1.807) is 0 Å². The Hall–Kier alpha value is -2.70. The van der Waals surface area contributed by atoms with Gasteiger partial charge in [-0.25, -0.2) is 0 Å². The van der Waals surface area contributed by atoms with E-state index in [1.165, 1.54) is 13.8 Å². The van der Waals surface area contributed by atoms with Crippen molar-refractivity contribution in [3.8, 4) is 5.88 Å². The van der Waals surface area contributed by atoms with Crippen LogP contribution < -0.4 is 5.56 Å². The van der Waals surface area contributed by atoms with Crippen LogP contribution in [-0.2, 0) is 42.7 Å². The molecule has 0 atom stereocenters. The molecule has 1 aromatic carbocycles. The zero-order valence-electron chi connectivity index (χ0n) is 17.3. The van der Waals surface area contributed by atoms with Crippen molar-refractivity contribution in [2.45, 2.75) is 42.9 Å². The lowest BCUT2D eigenvalue weighted by Gasteiger charge is -2.14. The summed E-state index contributed by atoms with van der Waals surface area (Å²) in [5.74, 6) is -1.83. The molecule has 0 saturated heterocycles. The van der Waals surface area contributed by atoms with Gasteiger partial charge in [0.25, 0.3) is 35.9 Å². The Kier molecular flexibility index (Phi) is 7.17. The zero-order valence-corrected chi connectivity index (χ0v) is 19.7. The average Bonchev–Trinajstić information content (AvgIpc) is 2.63. The molecular weight excluding hydrogens is 506 g/mol. The van der Waals surface area contributed by atoms with Crippen molar-refractivity contribution in [2.75, 3.05) is 0 Å². The maximum atomic E-state index is 12.7. The second-order valence-electron chi connectivity index (χ2n) is 6.79. The monoisotopic (exact) mass is 525 g/mol. The second kappa shape index (κ2) is 8.92. The third-order valence-corrected chi connectivity index (χ3v) is 7.03. The Balaban J connectivity index is 2.88. The van der Waals surface area contributed by atoms with E-state index < -0.39 is 68.7 Å². The normalized spacial score (nSPS) is 13.0. The van der Waals surface area contributed by atoms with Gasteiger partial charge in [0, 0.05) is 12.1 Å². The summed E-state index contributed by atoms with van der Waals surface area (Å²) >= 11 is 0. The molecule has 0 aliphatic heterocycles. The summed E-state index contributed by atoms with van der Waals surface area (Å²) in [6.45, 7) is 3.60. The van der Waals surface area contributed by atoms with Gasteiger partial charge in [-0.1, -0.05) is 0 Å². The van der Waals surface area contributed by atoms with Crippen molar-refractivity contribution >= 4 is 41.7 Å². The van der Waals surface area contributed by atoms with Crippen molar-refractivity contribution in [1.29, 1.82) is 0 Å². The van der Waals surface area contributed by atoms with Crippen LogP contribution in [0.1, 0.15) is 23.6 Å². The number of hydrogen-bond acceptors (Lipinski definition) is 10. The van der Waals surface area contributed by atoms with Gasteiger partial charge in [-0.2, -0.15) is 25.3 Å². The summed E-state index contributed by atoms with van der Waals surface area (Å²) in [4.78, 5) is 11.0. The number of hydrogen-bond donors (Lipinski definition) is 4. The van der Waals surface area contributed by atoms with Crippen molar-refractivity contribution in [3.63, 3.8) is 0 Å². The van der Waals surface area contributed by atoms with Crippen molar-refractivity contribution in [1.82, 2.24) is 4.57 Å². The molecule has 0 spiro atoms. The first kappa shape index (κ1) is 26.6. The predicted octanol–water partition coefficient (Wildman–Crippen LogP) is 1.49. The van der Waals surface area contributed by atoms with Gasteiger partial charge in [0.15, 0.2) is 11.6 Å². The molecule has 33 heavy (non-hydrogen) atoms. The van der Waals surface area contributed by atoms with Crippen LogP contribution in [0.5, 0.6) is 5.88 Å². The Morgan fingerprint density at radius 2 is 1.45 bits per heavy atom. The highest BCUT2D eigenvalue weighted by Crippen LogP contribution is 2.33. The first-order valence-corrected chi connectivity index (χ1v) is 13.3. The quantitative estimate of drug-likeness (QED) is 0.299. The molecule has 0 aliphatic rings. The molecule has 2 aromatic rings. The van der Waals surface area contributed by atoms with E-state index in [-0.39, 0.29) is 23.2 Å². The highest BCUT2D eigenvalue weighted by atomic mass is 32.2. The zero-order chi connectivity index (χ0) is 25.5. The van der Waals surface area contributed by atoms with Gasteiger partial charge in [-0.05, 0) is 44.0 Å². The molecule has 1 heterocycles. The molecule has 182 valence electrons. The highest BCUT2D eigenvalue weighted by Gasteiger charge is 2.24. The highest BCUT2D eigenvalue weighted by molar-refractivity contribution is 7.86. The Bertz CT molecular complexity index is 1540. The predicted molar refractivity (Wildman–Crippen MR) is 113 cm³/mol. The number of nitrogens with zero attached hydrogens (tertiary/aromatic N) is 3. The lowest BCUT2D eigenvalue weighted by atomic mass is 10.1. The fourth-order valence-corrected chi connectivity index (χ4v) is 5.07. The van der Waals surface area contributed by atoms with E-state index in [0.29, 0.717) is 16.7 Å². The van der Waals surface area contributed by atoms with Gasteiger partial charge in [-0.3, -0.25) is 23.0 Å². The number of aromatic hydroxyl groups is 1. The SMILES string of the molecule is CCn1c(O)c(CS(=O)(=O)O)c(C)c(N=Nc2cc(S(=O)(=O)O)c(C)cc2S(=O)(=O)O)c1=O. The first-order chi connectivity index (χ1) is 14.9. The summed E-state index contributed by atoms with van der Waals surface area (Å²) in [5.41, 5.74) is -3.14. The maximum absolute atomic E-state index is 12.7. The van der Waals surface area contributed by atoms with E-state index in [0.717, 1.165) is 6.92 Å². The van der Waals surface area contributed by atoms with E-state index in [1.807, 2.05) is 0 Å². The molecule has 17 heteroatoms. The molecule has 2 rings (SSSR count). The molecule has 0 saturated carbocycles. The summed E-state index contributed by atoms with van der Waals surface area (Å²) in [7, 11) is -14.4. The lowest BCUT2D eigenvalue weighted by molar-refractivity contribution is 0.403. The molecule has 4 N–H and O–H groups in total. The van der Waals surface area contributed by atoms with Gasteiger partial charge in [0.1, 0.15) is 16.3 Å². The molecule has 0 aliphatic carbocycles. The van der Waals surface area contributed by atoms with Crippen molar-refractivity contribution in [2.24, 2.45) is 10.2 Å². The minimum atomic E-state index is -4.96. The van der Waals surface area contributed by atoms with Crippen LogP contribution in [0.3, 0.4) is 0 Å². The van der Waals surface area contributed by atoms with Gasteiger partial charge in [-0.15, -0.1) is 10.2 Å². The average molecular weight is 526 g/mol. The van der Waals surface area contributed by atoms with Crippen molar-refractivity contribution in [3.05, 3.63) is 39.2 Å². The van der Waals surface area contributed by atoms with Crippen LogP contribution in [0, 0.1) is 13.8 Å². The Morgan fingerprint density at radius 1 is 0.909 bits per heavy atom. The number of aromatic nitrogens is 1. The van der Waals surface area contributed by atoms with E-state index >= 15 is 0 Å². The fraction of sp³-hybridized carbons (Fsp3) is 0.312. The molecule has 0 unspecified atom stereocenters. The van der Waals surface area contributed by atoms with E-state index in [9.17, 15) is 44.3 Å². The largest absolute Gasteiger partial charge is 0.494 e. The maximum Gasteiger partial charge on any atom is 0.296 e. The first-order valence-electron chi connectivity index (χ1n) is 8.80. The molecule has 0 radical (unpaired) electrons. The number of rotatable bonds is 7. The van der Waals surface area contributed by atoms with E-state index in [2.05, 4.69) is 10.2 Å². The summed E-state index contributed by atoms with van der Waals surface area (Å²) in [6, 6.07) is 1.31. The smallest absolute Gasteiger partial charge is 0.296 e. The molecule has 0 fully saturated rings. The van der Waals surface area contributed by atoms with Gasteiger partial charge in [0.2, 0.25) is 0 Å². The summed E-state index contributed by atoms with van der Waals surface area (Å²) < 4.78 is 97.9. The summed E-state index contributed by atoms with van der Waals surface area (Å²) in [6.07, 6.45) is 0. The lowest BCUT2D eigenvalue weighted by Crippen LogP contribution is -2.22. The fourth-order valence-electron chi connectivity index (χ4n) is 2.94. The minimum absolute atomic E-state index is 0.153.